The average molecular weight is 293 g/mol. The van der Waals surface area contributed by atoms with Gasteiger partial charge in [-0.1, -0.05) is 6.07 Å². The Balaban J connectivity index is 1.93. The van der Waals surface area contributed by atoms with Crippen molar-refractivity contribution in [2.24, 2.45) is 5.92 Å². The van der Waals surface area contributed by atoms with Crippen LogP contribution >= 0.6 is 0 Å². The van der Waals surface area contributed by atoms with E-state index in [4.69, 9.17) is 14.6 Å². The topological polar surface area (TPSA) is 84.9 Å². The standard InChI is InChI=1S/C15H19NO5/c1-3-21-13-7-10(13)14(17)16-8-9-4-5-12(20-2)11(6-9)15(18)19/h4-6,10,13H,3,7-8H2,1-2H3,(H,16,17)(H,18,19)/t10-,13+/m1/s1. The summed E-state index contributed by atoms with van der Waals surface area (Å²) in [7, 11) is 1.42. The molecule has 1 aliphatic rings. The maximum Gasteiger partial charge on any atom is 0.339 e. The normalized spacial score (nSPS) is 19.9. The van der Waals surface area contributed by atoms with Gasteiger partial charge in [-0.15, -0.1) is 0 Å². The summed E-state index contributed by atoms with van der Waals surface area (Å²) in [6, 6.07) is 4.83. The highest BCUT2D eigenvalue weighted by atomic mass is 16.5. The molecule has 1 fully saturated rings. The molecule has 0 heterocycles. The zero-order chi connectivity index (χ0) is 15.4. The van der Waals surface area contributed by atoms with E-state index >= 15 is 0 Å². The van der Waals surface area contributed by atoms with Gasteiger partial charge in [0, 0.05) is 13.2 Å². The minimum Gasteiger partial charge on any atom is -0.496 e. The first-order valence-electron chi connectivity index (χ1n) is 6.86. The number of amides is 1. The first-order valence-corrected chi connectivity index (χ1v) is 6.86. The molecule has 1 saturated carbocycles. The fraction of sp³-hybridized carbons (Fsp3) is 0.467. The predicted octanol–water partition coefficient (Wildman–Crippen LogP) is 1.43. The number of benzene rings is 1. The Bertz CT molecular complexity index is 543. The fourth-order valence-electron chi connectivity index (χ4n) is 2.20. The van der Waals surface area contributed by atoms with E-state index in [0.717, 1.165) is 12.0 Å². The third kappa shape index (κ3) is 3.72. The summed E-state index contributed by atoms with van der Waals surface area (Å²) >= 11 is 0. The van der Waals surface area contributed by atoms with Gasteiger partial charge in [0.1, 0.15) is 11.3 Å². The van der Waals surface area contributed by atoms with Crippen molar-refractivity contribution in [2.75, 3.05) is 13.7 Å². The van der Waals surface area contributed by atoms with Gasteiger partial charge < -0.3 is 19.9 Å². The Labute approximate surface area is 123 Å². The molecule has 0 saturated heterocycles. The molecule has 0 aliphatic heterocycles. The maximum absolute atomic E-state index is 11.9. The summed E-state index contributed by atoms with van der Waals surface area (Å²) in [4.78, 5) is 23.0. The van der Waals surface area contributed by atoms with E-state index in [-0.39, 0.29) is 23.5 Å². The Hall–Kier alpha value is -2.08. The van der Waals surface area contributed by atoms with Crippen molar-refractivity contribution in [3.8, 4) is 5.75 Å². The second-order valence-corrected chi connectivity index (χ2v) is 4.89. The van der Waals surface area contributed by atoms with Crippen molar-refractivity contribution in [1.82, 2.24) is 5.32 Å². The molecule has 0 radical (unpaired) electrons. The van der Waals surface area contributed by atoms with Crippen LogP contribution in [0.3, 0.4) is 0 Å². The van der Waals surface area contributed by atoms with E-state index in [2.05, 4.69) is 5.32 Å². The summed E-state index contributed by atoms with van der Waals surface area (Å²) in [5.41, 5.74) is 0.804. The highest BCUT2D eigenvalue weighted by molar-refractivity contribution is 5.91. The molecule has 1 aromatic carbocycles. The highest BCUT2D eigenvalue weighted by Crippen LogP contribution is 2.33. The van der Waals surface area contributed by atoms with Crippen LogP contribution in [0.1, 0.15) is 29.3 Å². The van der Waals surface area contributed by atoms with Crippen molar-refractivity contribution in [3.63, 3.8) is 0 Å². The summed E-state index contributed by atoms with van der Waals surface area (Å²) < 4.78 is 10.4. The monoisotopic (exact) mass is 293 g/mol. The molecule has 0 spiro atoms. The van der Waals surface area contributed by atoms with Gasteiger partial charge in [0.2, 0.25) is 5.91 Å². The van der Waals surface area contributed by atoms with Crippen LogP contribution < -0.4 is 10.1 Å². The van der Waals surface area contributed by atoms with E-state index in [9.17, 15) is 9.59 Å². The van der Waals surface area contributed by atoms with Crippen LogP contribution in [0.25, 0.3) is 0 Å². The molecule has 114 valence electrons. The number of hydrogen-bond donors (Lipinski definition) is 2. The smallest absolute Gasteiger partial charge is 0.339 e. The third-order valence-corrected chi connectivity index (χ3v) is 3.41. The van der Waals surface area contributed by atoms with E-state index < -0.39 is 5.97 Å². The molecule has 2 rings (SSSR count). The van der Waals surface area contributed by atoms with Crippen LogP contribution in [0.15, 0.2) is 18.2 Å². The molecule has 2 N–H and O–H groups in total. The summed E-state index contributed by atoms with van der Waals surface area (Å²) in [6.07, 6.45) is 0.781. The van der Waals surface area contributed by atoms with Crippen LogP contribution in [0.5, 0.6) is 5.75 Å². The summed E-state index contributed by atoms with van der Waals surface area (Å²) in [5, 5.41) is 11.9. The number of nitrogens with one attached hydrogen (secondary N) is 1. The fourth-order valence-corrected chi connectivity index (χ4v) is 2.20. The van der Waals surface area contributed by atoms with Gasteiger partial charge in [-0.25, -0.2) is 4.79 Å². The maximum atomic E-state index is 11.9. The summed E-state index contributed by atoms with van der Waals surface area (Å²) in [6.45, 7) is 2.80. The van der Waals surface area contributed by atoms with E-state index in [1.165, 1.54) is 13.2 Å². The molecule has 0 unspecified atom stereocenters. The number of carboxylic acids is 1. The number of aromatic carboxylic acids is 1. The molecule has 1 aliphatic carbocycles. The van der Waals surface area contributed by atoms with Gasteiger partial charge in [-0.2, -0.15) is 0 Å². The van der Waals surface area contributed by atoms with Crippen molar-refractivity contribution in [2.45, 2.75) is 26.0 Å². The molecule has 6 nitrogen and oxygen atoms in total. The second kappa shape index (κ2) is 6.58. The van der Waals surface area contributed by atoms with Crippen LogP contribution in [0, 0.1) is 5.92 Å². The molecule has 6 heteroatoms. The largest absolute Gasteiger partial charge is 0.496 e. The lowest BCUT2D eigenvalue weighted by atomic mass is 10.1. The minimum absolute atomic E-state index is 0.0282. The number of ether oxygens (including phenoxy) is 2. The van der Waals surface area contributed by atoms with Crippen molar-refractivity contribution in [3.05, 3.63) is 29.3 Å². The minimum atomic E-state index is -1.06. The molecule has 2 atom stereocenters. The first kappa shape index (κ1) is 15.3. The van der Waals surface area contributed by atoms with E-state index in [1.807, 2.05) is 6.92 Å². The van der Waals surface area contributed by atoms with E-state index in [1.54, 1.807) is 12.1 Å². The Morgan fingerprint density at radius 1 is 1.43 bits per heavy atom. The van der Waals surface area contributed by atoms with Crippen LogP contribution in [-0.2, 0) is 16.1 Å². The number of carbonyl (C=O) groups excluding carboxylic acids is 1. The van der Waals surface area contributed by atoms with Gasteiger partial charge in [-0.05, 0) is 31.0 Å². The molecule has 0 aromatic heterocycles. The third-order valence-electron chi connectivity index (χ3n) is 3.41. The Kier molecular flexibility index (Phi) is 4.80. The lowest BCUT2D eigenvalue weighted by molar-refractivity contribution is -0.123. The van der Waals surface area contributed by atoms with Crippen LogP contribution in [0.4, 0.5) is 0 Å². The molecule has 1 amide bonds. The highest BCUT2D eigenvalue weighted by Gasteiger charge is 2.43. The molecule has 1 aromatic rings. The first-order chi connectivity index (χ1) is 10.1. The van der Waals surface area contributed by atoms with Gasteiger partial charge in [0.05, 0.1) is 19.1 Å². The SMILES string of the molecule is CCO[C@H]1C[C@H]1C(=O)NCc1ccc(OC)c(C(=O)O)c1. The van der Waals surface area contributed by atoms with E-state index in [0.29, 0.717) is 18.9 Å². The van der Waals surface area contributed by atoms with Gasteiger partial charge >= 0.3 is 5.97 Å². The molecular weight excluding hydrogens is 274 g/mol. The quantitative estimate of drug-likeness (QED) is 0.794. The lowest BCUT2D eigenvalue weighted by Crippen LogP contribution is -2.26. The second-order valence-electron chi connectivity index (χ2n) is 4.89. The van der Waals surface area contributed by atoms with Crippen molar-refractivity contribution >= 4 is 11.9 Å². The Morgan fingerprint density at radius 2 is 2.19 bits per heavy atom. The number of carbonyl (C=O) groups is 2. The number of hydrogen-bond acceptors (Lipinski definition) is 4. The molecule has 21 heavy (non-hydrogen) atoms. The molecular formula is C15H19NO5. The van der Waals surface area contributed by atoms with Crippen molar-refractivity contribution < 1.29 is 24.2 Å². The van der Waals surface area contributed by atoms with Gasteiger partial charge in [0.25, 0.3) is 0 Å². The Morgan fingerprint density at radius 3 is 2.81 bits per heavy atom. The summed E-state index contributed by atoms with van der Waals surface area (Å²) in [5.74, 6) is -0.891. The van der Waals surface area contributed by atoms with Crippen molar-refractivity contribution in [1.29, 1.82) is 0 Å². The predicted molar refractivity (Wildman–Crippen MR) is 75.3 cm³/mol. The van der Waals surface area contributed by atoms with Gasteiger partial charge in [-0.3, -0.25) is 4.79 Å². The van der Waals surface area contributed by atoms with Crippen LogP contribution in [0.2, 0.25) is 0 Å². The molecule has 0 bridgehead atoms. The van der Waals surface area contributed by atoms with Gasteiger partial charge in [0.15, 0.2) is 0 Å². The average Bonchev–Trinajstić information content (AvgIpc) is 3.24. The zero-order valence-electron chi connectivity index (χ0n) is 12.1. The lowest BCUT2D eigenvalue weighted by Gasteiger charge is -2.09. The number of rotatable bonds is 7. The number of methoxy groups -OCH3 is 1. The van der Waals surface area contributed by atoms with Crippen LogP contribution in [-0.4, -0.2) is 36.8 Å². The zero-order valence-corrected chi connectivity index (χ0v) is 12.1. The number of carboxylic acid groups (broad SMARTS) is 1.